The fraction of sp³-hybridized carbons (Fsp3) is 1.00. The van der Waals surface area contributed by atoms with Crippen LogP contribution in [0.25, 0.3) is 0 Å². The third-order valence-electron chi connectivity index (χ3n) is 3.31. The van der Waals surface area contributed by atoms with Crippen LogP contribution in [0.15, 0.2) is 0 Å². The van der Waals surface area contributed by atoms with Crippen LogP contribution >= 0.6 is 0 Å². The molecule has 1 atom stereocenters. The Bertz CT molecular complexity index is 172. The van der Waals surface area contributed by atoms with E-state index in [0.29, 0.717) is 19.2 Å². The molecule has 0 aromatic rings. The lowest BCUT2D eigenvalue weighted by Crippen LogP contribution is -2.36. The van der Waals surface area contributed by atoms with Gasteiger partial charge in [-0.25, -0.2) is 8.78 Å². The predicted octanol–water partition coefficient (Wildman–Crippen LogP) is 2.83. The zero-order valence-corrected chi connectivity index (χ0v) is 10.1. The molecule has 0 radical (unpaired) electrons. The van der Waals surface area contributed by atoms with E-state index in [4.69, 9.17) is 4.74 Å². The van der Waals surface area contributed by atoms with Crippen LogP contribution in [0.2, 0.25) is 0 Å². The Balaban J connectivity index is 1.98. The highest BCUT2D eigenvalue weighted by atomic mass is 19.3. The van der Waals surface area contributed by atoms with Crippen molar-refractivity contribution in [1.29, 1.82) is 0 Å². The maximum Gasteiger partial charge on any atom is 0.261 e. The molecule has 1 aliphatic rings. The predicted molar refractivity (Wildman–Crippen MR) is 60.9 cm³/mol. The number of hydrogen-bond acceptors (Lipinski definition) is 2. The lowest BCUT2D eigenvalue weighted by atomic mass is 9.84. The Labute approximate surface area is 96.7 Å². The van der Waals surface area contributed by atoms with Gasteiger partial charge in [0.15, 0.2) is 0 Å². The highest BCUT2D eigenvalue weighted by molar-refractivity contribution is 4.75. The first-order valence-corrected chi connectivity index (χ1v) is 6.29. The standard InChI is InChI=1S/C12H23F2NO/c1-10(11-5-3-2-4-6-11)15-7-8-16-9-12(13)14/h10-12,15H,2-9H2,1H3. The first-order valence-electron chi connectivity index (χ1n) is 6.29. The van der Waals surface area contributed by atoms with Crippen molar-refractivity contribution in [2.24, 2.45) is 5.92 Å². The Morgan fingerprint density at radius 2 is 1.94 bits per heavy atom. The molecule has 0 bridgehead atoms. The molecular formula is C12H23F2NO. The Morgan fingerprint density at radius 3 is 2.56 bits per heavy atom. The van der Waals surface area contributed by atoms with Gasteiger partial charge < -0.3 is 10.1 Å². The molecule has 1 fully saturated rings. The van der Waals surface area contributed by atoms with E-state index in [2.05, 4.69) is 12.2 Å². The van der Waals surface area contributed by atoms with E-state index in [0.717, 1.165) is 5.92 Å². The summed E-state index contributed by atoms with van der Waals surface area (Å²) < 4.78 is 28.4. The summed E-state index contributed by atoms with van der Waals surface area (Å²) in [4.78, 5) is 0. The zero-order valence-electron chi connectivity index (χ0n) is 10.1. The smallest absolute Gasteiger partial charge is 0.261 e. The molecule has 0 spiro atoms. The molecule has 4 heteroatoms. The number of ether oxygens (including phenoxy) is 1. The minimum absolute atomic E-state index is 0.376. The van der Waals surface area contributed by atoms with Crippen molar-refractivity contribution in [2.75, 3.05) is 19.8 Å². The number of rotatable bonds is 7. The quantitative estimate of drug-likeness (QED) is 0.685. The average molecular weight is 235 g/mol. The molecule has 0 aromatic carbocycles. The molecule has 1 N–H and O–H groups in total. The summed E-state index contributed by atoms with van der Waals surface area (Å²) in [5.41, 5.74) is 0. The van der Waals surface area contributed by atoms with Gasteiger partial charge in [0.2, 0.25) is 0 Å². The van der Waals surface area contributed by atoms with Crippen molar-refractivity contribution in [2.45, 2.75) is 51.5 Å². The number of halogens is 2. The minimum Gasteiger partial charge on any atom is -0.374 e. The van der Waals surface area contributed by atoms with E-state index in [1.807, 2.05) is 0 Å². The topological polar surface area (TPSA) is 21.3 Å². The van der Waals surface area contributed by atoms with Crippen molar-refractivity contribution < 1.29 is 13.5 Å². The lowest BCUT2D eigenvalue weighted by Gasteiger charge is -2.28. The molecular weight excluding hydrogens is 212 g/mol. The van der Waals surface area contributed by atoms with E-state index in [1.54, 1.807) is 0 Å². The molecule has 1 unspecified atom stereocenters. The van der Waals surface area contributed by atoms with E-state index >= 15 is 0 Å². The summed E-state index contributed by atoms with van der Waals surface area (Å²) in [6.07, 6.45) is 4.27. The van der Waals surface area contributed by atoms with Crippen LogP contribution in [0.1, 0.15) is 39.0 Å². The highest BCUT2D eigenvalue weighted by Gasteiger charge is 2.19. The van der Waals surface area contributed by atoms with Gasteiger partial charge in [0.1, 0.15) is 6.61 Å². The van der Waals surface area contributed by atoms with Crippen LogP contribution in [0.3, 0.4) is 0 Å². The number of nitrogens with one attached hydrogen (secondary N) is 1. The molecule has 0 amide bonds. The van der Waals surface area contributed by atoms with Crippen molar-refractivity contribution in [1.82, 2.24) is 5.32 Å². The van der Waals surface area contributed by atoms with Crippen molar-refractivity contribution >= 4 is 0 Å². The molecule has 0 aliphatic heterocycles. The van der Waals surface area contributed by atoms with Crippen LogP contribution in [0, 0.1) is 5.92 Å². The Hall–Kier alpha value is -0.220. The Kier molecular flexibility index (Phi) is 6.88. The summed E-state index contributed by atoms with van der Waals surface area (Å²) in [5.74, 6) is 0.754. The largest absolute Gasteiger partial charge is 0.374 e. The molecule has 0 aromatic heterocycles. The van der Waals surface area contributed by atoms with Gasteiger partial charge in [-0.1, -0.05) is 19.3 Å². The van der Waals surface area contributed by atoms with Gasteiger partial charge in [-0.3, -0.25) is 0 Å². The third-order valence-corrected chi connectivity index (χ3v) is 3.31. The molecule has 0 saturated heterocycles. The monoisotopic (exact) mass is 235 g/mol. The van der Waals surface area contributed by atoms with Gasteiger partial charge in [0.05, 0.1) is 6.61 Å². The van der Waals surface area contributed by atoms with Gasteiger partial charge in [-0.05, 0) is 25.7 Å². The van der Waals surface area contributed by atoms with Crippen LogP contribution in [-0.4, -0.2) is 32.2 Å². The SMILES string of the molecule is CC(NCCOCC(F)F)C1CCCCC1. The third kappa shape index (κ3) is 5.75. The fourth-order valence-electron chi connectivity index (χ4n) is 2.33. The average Bonchev–Trinajstić information content (AvgIpc) is 2.29. The Morgan fingerprint density at radius 1 is 1.25 bits per heavy atom. The second kappa shape index (κ2) is 7.96. The van der Waals surface area contributed by atoms with Gasteiger partial charge in [0, 0.05) is 12.6 Å². The molecule has 16 heavy (non-hydrogen) atoms. The van der Waals surface area contributed by atoms with Crippen LogP contribution in [0.4, 0.5) is 8.78 Å². The zero-order chi connectivity index (χ0) is 11.8. The van der Waals surface area contributed by atoms with Crippen LogP contribution < -0.4 is 5.32 Å². The molecule has 1 aliphatic carbocycles. The van der Waals surface area contributed by atoms with Crippen LogP contribution in [-0.2, 0) is 4.74 Å². The minimum atomic E-state index is -2.35. The fourth-order valence-corrected chi connectivity index (χ4v) is 2.33. The molecule has 2 nitrogen and oxygen atoms in total. The molecule has 1 rings (SSSR count). The summed E-state index contributed by atoms with van der Waals surface area (Å²) in [6, 6.07) is 0.482. The second-order valence-electron chi connectivity index (χ2n) is 4.61. The van der Waals surface area contributed by atoms with Gasteiger partial charge in [0.25, 0.3) is 6.43 Å². The lowest BCUT2D eigenvalue weighted by molar-refractivity contribution is 0.0177. The van der Waals surface area contributed by atoms with Crippen molar-refractivity contribution in [3.8, 4) is 0 Å². The number of alkyl halides is 2. The molecule has 96 valence electrons. The molecule has 0 heterocycles. The van der Waals surface area contributed by atoms with E-state index in [9.17, 15) is 8.78 Å². The van der Waals surface area contributed by atoms with Crippen molar-refractivity contribution in [3.63, 3.8) is 0 Å². The normalized spacial score (nSPS) is 20.2. The van der Waals surface area contributed by atoms with Crippen LogP contribution in [0.5, 0.6) is 0 Å². The summed E-state index contributed by atoms with van der Waals surface area (Å²) in [7, 11) is 0. The summed E-state index contributed by atoms with van der Waals surface area (Å²) in [5, 5.41) is 3.36. The molecule has 1 saturated carbocycles. The van der Waals surface area contributed by atoms with Gasteiger partial charge in [-0.2, -0.15) is 0 Å². The first-order chi connectivity index (χ1) is 7.70. The van der Waals surface area contributed by atoms with E-state index in [1.165, 1.54) is 32.1 Å². The highest BCUT2D eigenvalue weighted by Crippen LogP contribution is 2.26. The van der Waals surface area contributed by atoms with Gasteiger partial charge >= 0.3 is 0 Å². The van der Waals surface area contributed by atoms with E-state index in [-0.39, 0.29) is 0 Å². The number of hydrogen-bond donors (Lipinski definition) is 1. The summed E-state index contributed by atoms with van der Waals surface area (Å²) in [6.45, 7) is 2.79. The maximum atomic E-state index is 11.8. The van der Waals surface area contributed by atoms with Gasteiger partial charge in [-0.15, -0.1) is 0 Å². The second-order valence-corrected chi connectivity index (χ2v) is 4.61. The first kappa shape index (κ1) is 13.8. The summed E-state index contributed by atoms with van der Waals surface area (Å²) >= 11 is 0. The van der Waals surface area contributed by atoms with E-state index < -0.39 is 13.0 Å². The van der Waals surface area contributed by atoms with Crippen molar-refractivity contribution in [3.05, 3.63) is 0 Å². The maximum absolute atomic E-state index is 11.8.